The quantitative estimate of drug-likeness (QED) is 0.184. The summed E-state index contributed by atoms with van der Waals surface area (Å²) in [7, 11) is 0. The third-order valence-electron chi connectivity index (χ3n) is 3.64. The molecule has 0 aromatic rings. The van der Waals surface area contributed by atoms with E-state index in [9.17, 15) is 9.90 Å². The number of unbranched alkanes of at least 4 members (excludes halogenated alkanes) is 11. The normalized spacial score (nSPS) is 8.78. The molecule has 0 aromatic heterocycles. The Hall–Kier alpha value is 0.128. The van der Waals surface area contributed by atoms with Gasteiger partial charge < -0.3 is 15.4 Å². The zero-order valence-corrected chi connectivity index (χ0v) is 19.4. The number of hydrogen-bond acceptors (Lipinski definition) is 5. The molecule has 0 bridgehead atoms. The second-order valence-corrected chi connectivity index (χ2v) is 5.71. The monoisotopic (exact) mass is 513 g/mol. The van der Waals surface area contributed by atoms with E-state index in [0.29, 0.717) is 0 Å². The second kappa shape index (κ2) is 45.1. The number of hydrogen-bond donors (Lipinski definition) is 0. The molecule has 6 nitrogen and oxygen atoms in total. The van der Waals surface area contributed by atoms with Gasteiger partial charge in [0, 0.05) is 5.97 Å². The molecule has 165 valence electrons. The van der Waals surface area contributed by atoms with E-state index < -0.39 is 5.97 Å². The van der Waals surface area contributed by atoms with Crippen LogP contribution in [0.5, 0.6) is 0 Å². The van der Waals surface area contributed by atoms with Gasteiger partial charge in [-0.3, -0.25) is 0 Å². The molecule has 27 heavy (non-hydrogen) atoms. The molecule has 0 aromatic carbocycles. The van der Waals surface area contributed by atoms with Crippen LogP contribution in [0.15, 0.2) is 12.2 Å². The first kappa shape index (κ1) is 37.8. The molecule has 0 atom stereocenters. The number of carbonyl (C=O) groups excluding carboxylic acids is 1. The third kappa shape index (κ3) is 51.8. The van der Waals surface area contributed by atoms with Crippen molar-refractivity contribution >= 4 is 5.97 Å². The van der Waals surface area contributed by atoms with E-state index in [2.05, 4.69) is 19.1 Å². The van der Waals surface area contributed by atoms with E-state index in [4.69, 9.17) is 11.5 Å². The van der Waals surface area contributed by atoms with Crippen LogP contribution in [-0.4, -0.2) is 5.97 Å². The number of aliphatic carboxylic acids is 1. The van der Waals surface area contributed by atoms with E-state index >= 15 is 0 Å². The molecular formula is C18H33Fe3O6. The third-order valence-corrected chi connectivity index (χ3v) is 3.64. The summed E-state index contributed by atoms with van der Waals surface area (Å²) in [5.41, 5.74) is 0. The summed E-state index contributed by atoms with van der Waals surface area (Å²) in [6.45, 7) is 2.26. The fraction of sp³-hybridized carbons (Fsp3) is 0.833. The van der Waals surface area contributed by atoms with Crippen LogP contribution in [0.4, 0.5) is 0 Å². The Morgan fingerprint density at radius 1 is 0.667 bits per heavy atom. The number of carboxylic acid groups (broad SMARTS) is 1. The van der Waals surface area contributed by atoms with Gasteiger partial charge in [-0.1, -0.05) is 70.4 Å². The Labute approximate surface area is 189 Å². The van der Waals surface area contributed by atoms with Crippen LogP contribution in [0.25, 0.3) is 0 Å². The Balaban J connectivity index is -0.000000208. The SMILES string of the molecule is CCCCCCCC/C=C\CCCCCCCC(=O)[O-].[O-2].[O]=[Fe+].[O]=[Fe+].[O]=[Fe+]. The van der Waals surface area contributed by atoms with Crippen LogP contribution in [0.1, 0.15) is 96.8 Å². The van der Waals surface area contributed by atoms with Gasteiger partial charge in [0.25, 0.3) is 0 Å². The average Bonchev–Trinajstić information content (AvgIpc) is 2.69. The molecule has 0 fully saturated rings. The van der Waals surface area contributed by atoms with Crippen molar-refractivity contribution in [2.75, 3.05) is 0 Å². The molecule has 0 unspecified atom stereocenters. The minimum absolute atomic E-state index is 0. The van der Waals surface area contributed by atoms with Gasteiger partial charge in [0.2, 0.25) is 0 Å². The maximum atomic E-state index is 10.2. The van der Waals surface area contributed by atoms with Gasteiger partial charge in [-0.25, -0.2) is 0 Å². The summed E-state index contributed by atoms with van der Waals surface area (Å²) >= 11 is 6.00. The predicted molar refractivity (Wildman–Crippen MR) is 87.2 cm³/mol. The minimum atomic E-state index is -0.914. The summed E-state index contributed by atoms with van der Waals surface area (Å²) in [5.74, 6) is -0.914. The van der Waals surface area contributed by atoms with Gasteiger partial charge >= 0.3 is 59.3 Å². The van der Waals surface area contributed by atoms with E-state index in [-0.39, 0.29) is 11.9 Å². The van der Waals surface area contributed by atoms with Crippen molar-refractivity contribution in [3.8, 4) is 0 Å². The molecule has 0 aliphatic heterocycles. The molecule has 0 aliphatic carbocycles. The summed E-state index contributed by atoms with van der Waals surface area (Å²) in [6.07, 6.45) is 20.9. The molecular weight excluding hydrogens is 480 g/mol. The van der Waals surface area contributed by atoms with Crippen molar-refractivity contribution < 1.29 is 74.7 Å². The van der Waals surface area contributed by atoms with Gasteiger partial charge in [-0.2, -0.15) is 0 Å². The van der Waals surface area contributed by atoms with Gasteiger partial charge in [-0.15, -0.1) is 0 Å². The first-order chi connectivity index (χ1) is 12.8. The maximum absolute atomic E-state index is 10.2. The van der Waals surface area contributed by atoms with Crippen molar-refractivity contribution in [2.45, 2.75) is 96.8 Å². The number of carbonyl (C=O) groups is 1. The Kier molecular flexibility index (Phi) is 63.2. The number of rotatable bonds is 15. The molecule has 0 heterocycles. The molecule has 0 saturated heterocycles. The molecule has 0 rings (SSSR count). The topological polar surface area (TPSA) is 120 Å². The zero-order chi connectivity index (χ0) is 20.9. The van der Waals surface area contributed by atoms with Crippen molar-refractivity contribution in [1.29, 1.82) is 0 Å². The molecule has 0 spiro atoms. The fourth-order valence-electron chi connectivity index (χ4n) is 2.34. The van der Waals surface area contributed by atoms with Gasteiger partial charge in [0.05, 0.1) is 0 Å². The van der Waals surface area contributed by atoms with E-state index in [1.807, 2.05) is 47.8 Å². The first-order valence-corrected chi connectivity index (χ1v) is 10.4. The Bertz CT molecular complexity index is 290. The van der Waals surface area contributed by atoms with Gasteiger partial charge in [-0.05, 0) is 38.5 Å². The van der Waals surface area contributed by atoms with Gasteiger partial charge in [0.15, 0.2) is 0 Å². The van der Waals surface area contributed by atoms with Crippen LogP contribution in [-0.2, 0) is 69.6 Å². The van der Waals surface area contributed by atoms with Crippen molar-refractivity contribution in [2.24, 2.45) is 0 Å². The van der Waals surface area contributed by atoms with E-state index in [1.54, 1.807) is 0 Å². The molecule has 0 saturated carbocycles. The second-order valence-electron chi connectivity index (χ2n) is 5.71. The molecule has 0 radical (unpaired) electrons. The van der Waals surface area contributed by atoms with Crippen molar-refractivity contribution in [3.05, 3.63) is 12.2 Å². The Morgan fingerprint density at radius 3 is 1.37 bits per heavy atom. The summed E-state index contributed by atoms with van der Waals surface area (Å²) in [4.78, 5) is 10.2. The standard InChI is InChI=1S/C18H34O2.3Fe.4O/c1-2-3-4-5-6-7-8-9-10-11-12-13-14-15-16-17-18(19)20;;;;;;;/h9-10H,2-8,11-17H2,1H3,(H,19,20);;;;;;;/q;3*+1;;;;-2/p-1/b10-9-;;;;;;;. The molecule has 9 heteroatoms. The van der Waals surface area contributed by atoms with Crippen LogP contribution in [0.3, 0.4) is 0 Å². The zero-order valence-electron chi connectivity index (χ0n) is 16.1. The summed E-state index contributed by atoms with van der Waals surface area (Å²) < 4.78 is 24.0. The first-order valence-electron chi connectivity index (χ1n) is 9.05. The molecule has 0 aliphatic rings. The van der Waals surface area contributed by atoms with E-state index in [0.717, 1.165) is 19.3 Å². The predicted octanol–water partition coefficient (Wildman–Crippen LogP) is 4.29. The average molecular weight is 513 g/mol. The van der Waals surface area contributed by atoms with E-state index in [1.165, 1.54) is 64.2 Å². The van der Waals surface area contributed by atoms with Crippen molar-refractivity contribution in [1.82, 2.24) is 0 Å². The van der Waals surface area contributed by atoms with Crippen molar-refractivity contribution in [3.63, 3.8) is 0 Å². The van der Waals surface area contributed by atoms with Gasteiger partial charge in [0.1, 0.15) is 0 Å². The molecule has 0 amide bonds. The molecule has 0 N–H and O–H groups in total. The number of carboxylic acids is 1. The van der Waals surface area contributed by atoms with Crippen LogP contribution >= 0.6 is 0 Å². The van der Waals surface area contributed by atoms with Crippen LogP contribution in [0, 0.1) is 0 Å². The van der Waals surface area contributed by atoms with Crippen LogP contribution < -0.4 is 5.11 Å². The fourth-order valence-corrected chi connectivity index (χ4v) is 2.34. The summed E-state index contributed by atoms with van der Waals surface area (Å²) in [5, 5.41) is 10.2. The van der Waals surface area contributed by atoms with Crippen LogP contribution in [0.2, 0.25) is 0 Å². The number of allylic oxidation sites excluding steroid dienone is 2. The Morgan fingerprint density at radius 2 is 1.00 bits per heavy atom. The summed E-state index contributed by atoms with van der Waals surface area (Å²) in [6, 6.07) is 0.